The zero-order valence-electron chi connectivity index (χ0n) is 19.8. The average Bonchev–Trinajstić information content (AvgIpc) is 2.93. The molecule has 8 bridgehead atoms. The third kappa shape index (κ3) is 2.69. The second-order valence-electron chi connectivity index (χ2n) is 9.14. The Morgan fingerprint density at radius 2 is 1.16 bits per heavy atom. The van der Waals surface area contributed by atoms with Crippen LogP contribution in [0.4, 0.5) is 0 Å². The molecule has 4 aliphatic carbocycles. The Bertz CT molecular complexity index is 1290. The van der Waals surface area contributed by atoms with Gasteiger partial charge in [0.2, 0.25) is 0 Å². The summed E-state index contributed by atoms with van der Waals surface area (Å²) in [4.78, 5) is 0. The van der Waals surface area contributed by atoms with Gasteiger partial charge in [0.1, 0.15) is 11.5 Å². The molecule has 0 aliphatic heterocycles. The molecule has 0 saturated heterocycles. The van der Waals surface area contributed by atoms with Crippen molar-refractivity contribution in [2.45, 2.75) is 67.5 Å². The number of aliphatic hydroxyl groups is 2. The van der Waals surface area contributed by atoms with Crippen molar-refractivity contribution in [1.29, 1.82) is 0 Å². The number of fused-ring (bicyclic) bond motifs is 4. The van der Waals surface area contributed by atoms with E-state index in [9.17, 15) is 10.2 Å². The van der Waals surface area contributed by atoms with E-state index in [0.717, 1.165) is 68.0 Å². The Labute approximate surface area is 189 Å². The van der Waals surface area contributed by atoms with E-state index in [1.807, 2.05) is 0 Å². The standard InChI is InChI=1S/C28H30O4/c1-8-18-11-19-22-12(2)9-21(27(14(22)4)31-16(6)29)26-24(18)23-13(3)10-20(25(19)26)28(15(23)5)32-17(7)30/h9-11,16-17,29-30H,8H2,1-7H3. The van der Waals surface area contributed by atoms with Crippen LogP contribution >= 0.6 is 0 Å². The van der Waals surface area contributed by atoms with Crippen molar-refractivity contribution in [2.75, 3.05) is 0 Å². The van der Waals surface area contributed by atoms with Crippen LogP contribution in [0, 0.1) is 27.7 Å². The van der Waals surface area contributed by atoms with E-state index in [1.165, 1.54) is 22.3 Å². The van der Waals surface area contributed by atoms with Crippen molar-refractivity contribution in [2.24, 2.45) is 0 Å². The van der Waals surface area contributed by atoms with E-state index < -0.39 is 12.6 Å². The van der Waals surface area contributed by atoms with Crippen LogP contribution in [-0.2, 0) is 6.42 Å². The maximum Gasteiger partial charge on any atom is 0.194 e. The minimum Gasteiger partial charge on any atom is -0.465 e. The molecule has 3 aromatic rings. The first-order chi connectivity index (χ1) is 15.1. The number of hydrogen-bond acceptors (Lipinski definition) is 4. The first-order valence-corrected chi connectivity index (χ1v) is 11.3. The van der Waals surface area contributed by atoms with Crippen molar-refractivity contribution >= 4 is 0 Å². The predicted molar refractivity (Wildman–Crippen MR) is 128 cm³/mol. The summed E-state index contributed by atoms with van der Waals surface area (Å²) in [6.45, 7) is 13.9. The Hall–Kier alpha value is -2.82. The highest BCUT2D eigenvalue weighted by molar-refractivity contribution is 6.12. The molecule has 166 valence electrons. The van der Waals surface area contributed by atoms with E-state index in [0.29, 0.717) is 0 Å². The lowest BCUT2D eigenvalue weighted by atomic mass is 9.85. The van der Waals surface area contributed by atoms with Gasteiger partial charge >= 0.3 is 0 Å². The van der Waals surface area contributed by atoms with Crippen molar-refractivity contribution in [3.8, 4) is 56.0 Å². The first kappa shape index (κ1) is 21.0. The average molecular weight is 431 g/mol. The molecule has 2 atom stereocenters. The van der Waals surface area contributed by atoms with Crippen LogP contribution in [0.2, 0.25) is 0 Å². The van der Waals surface area contributed by atoms with Crippen molar-refractivity contribution in [3.05, 3.63) is 46.0 Å². The van der Waals surface area contributed by atoms with Crippen LogP contribution in [0.1, 0.15) is 48.6 Å². The predicted octanol–water partition coefficient (Wildman–Crippen LogP) is 6.21. The molecule has 0 spiro atoms. The third-order valence-corrected chi connectivity index (χ3v) is 6.86. The number of hydrogen-bond donors (Lipinski definition) is 2. The van der Waals surface area contributed by atoms with Crippen molar-refractivity contribution in [3.63, 3.8) is 0 Å². The van der Waals surface area contributed by atoms with Gasteiger partial charge in [-0.1, -0.05) is 6.92 Å². The van der Waals surface area contributed by atoms with E-state index in [2.05, 4.69) is 52.8 Å². The minimum atomic E-state index is -0.909. The van der Waals surface area contributed by atoms with Crippen LogP contribution in [0.3, 0.4) is 0 Å². The maximum atomic E-state index is 10.1. The fourth-order valence-electron chi connectivity index (χ4n) is 5.80. The molecule has 0 radical (unpaired) electrons. The molecule has 32 heavy (non-hydrogen) atoms. The zero-order chi connectivity index (χ0) is 23.1. The van der Waals surface area contributed by atoms with Crippen LogP contribution in [-0.4, -0.2) is 22.8 Å². The molecule has 2 unspecified atom stereocenters. The highest BCUT2D eigenvalue weighted by Crippen LogP contribution is 2.61. The van der Waals surface area contributed by atoms with E-state index >= 15 is 0 Å². The lowest BCUT2D eigenvalue weighted by molar-refractivity contribution is -0.000904. The Kier molecular flexibility index (Phi) is 4.66. The monoisotopic (exact) mass is 430 g/mol. The van der Waals surface area contributed by atoms with Crippen LogP contribution < -0.4 is 9.47 Å². The van der Waals surface area contributed by atoms with Gasteiger partial charge in [0, 0.05) is 22.3 Å². The third-order valence-electron chi connectivity index (χ3n) is 6.86. The molecule has 7 rings (SSSR count). The summed E-state index contributed by atoms with van der Waals surface area (Å²) in [6, 6.07) is 6.71. The largest absolute Gasteiger partial charge is 0.465 e. The number of benzene rings is 3. The highest BCUT2D eigenvalue weighted by atomic mass is 16.6. The number of aryl methyl sites for hydroxylation is 3. The van der Waals surface area contributed by atoms with E-state index in [-0.39, 0.29) is 0 Å². The number of aliphatic hydroxyl groups excluding tert-OH is 2. The quantitative estimate of drug-likeness (QED) is 0.325. The van der Waals surface area contributed by atoms with Gasteiger partial charge in [0.15, 0.2) is 12.6 Å². The molecule has 4 nitrogen and oxygen atoms in total. The number of rotatable bonds is 5. The molecule has 0 heterocycles. The molecule has 3 aromatic carbocycles. The summed E-state index contributed by atoms with van der Waals surface area (Å²) in [5, 5.41) is 20.3. The molecule has 0 amide bonds. The molecule has 4 heteroatoms. The fraction of sp³-hybridized carbons (Fsp3) is 0.357. The summed E-state index contributed by atoms with van der Waals surface area (Å²) >= 11 is 0. The Morgan fingerprint density at radius 3 is 1.69 bits per heavy atom. The van der Waals surface area contributed by atoms with Crippen molar-refractivity contribution < 1.29 is 19.7 Å². The van der Waals surface area contributed by atoms with Gasteiger partial charge in [0.25, 0.3) is 0 Å². The van der Waals surface area contributed by atoms with Crippen LogP contribution in [0.15, 0.2) is 18.2 Å². The number of ether oxygens (including phenoxy) is 2. The molecule has 2 N–H and O–H groups in total. The SMILES string of the molecule is CCc1cc2c3c(c1-c1c(C)cc-3c(OC(C)O)c1C)-c1cc(C)c-2c(C)c1OC(C)O. The van der Waals surface area contributed by atoms with Gasteiger partial charge in [-0.05, 0) is 116 Å². The second-order valence-corrected chi connectivity index (χ2v) is 9.14. The lowest BCUT2D eigenvalue weighted by Gasteiger charge is -2.20. The summed E-state index contributed by atoms with van der Waals surface area (Å²) in [5.41, 5.74) is 14.7. The molecular weight excluding hydrogens is 400 g/mol. The van der Waals surface area contributed by atoms with Crippen LogP contribution in [0.5, 0.6) is 11.5 Å². The second kappa shape index (κ2) is 7.09. The summed E-state index contributed by atoms with van der Waals surface area (Å²) in [7, 11) is 0. The van der Waals surface area contributed by atoms with Gasteiger partial charge in [-0.3, -0.25) is 0 Å². The zero-order valence-corrected chi connectivity index (χ0v) is 19.8. The molecule has 0 aromatic heterocycles. The van der Waals surface area contributed by atoms with Gasteiger partial charge in [-0.15, -0.1) is 0 Å². The Balaban J connectivity index is 2.01. The lowest BCUT2D eigenvalue weighted by Crippen LogP contribution is -2.12. The summed E-state index contributed by atoms with van der Waals surface area (Å²) < 4.78 is 12.0. The smallest absolute Gasteiger partial charge is 0.194 e. The van der Waals surface area contributed by atoms with E-state index in [4.69, 9.17) is 9.47 Å². The minimum absolute atomic E-state index is 0.738. The van der Waals surface area contributed by atoms with Crippen molar-refractivity contribution in [1.82, 2.24) is 0 Å². The van der Waals surface area contributed by atoms with Gasteiger partial charge in [-0.25, -0.2) is 0 Å². The molecule has 0 saturated carbocycles. The van der Waals surface area contributed by atoms with Gasteiger partial charge in [-0.2, -0.15) is 0 Å². The Morgan fingerprint density at radius 1 is 0.656 bits per heavy atom. The summed E-state index contributed by atoms with van der Waals surface area (Å²) in [5.74, 6) is 1.48. The van der Waals surface area contributed by atoms with Crippen LogP contribution in [0.25, 0.3) is 44.5 Å². The van der Waals surface area contributed by atoms with E-state index in [1.54, 1.807) is 13.8 Å². The first-order valence-electron chi connectivity index (χ1n) is 11.3. The molecule has 4 aliphatic rings. The summed E-state index contributed by atoms with van der Waals surface area (Å²) in [6.07, 6.45) is -0.923. The fourth-order valence-corrected chi connectivity index (χ4v) is 5.80. The van der Waals surface area contributed by atoms with Gasteiger partial charge in [0.05, 0.1) is 0 Å². The topological polar surface area (TPSA) is 58.9 Å². The molecular formula is C28H30O4. The molecule has 0 fully saturated rings. The maximum absolute atomic E-state index is 10.1. The highest BCUT2D eigenvalue weighted by Gasteiger charge is 2.36. The van der Waals surface area contributed by atoms with Gasteiger partial charge < -0.3 is 19.7 Å². The normalized spacial score (nSPS) is 14.3.